The Bertz CT molecular complexity index is 6520. The number of carbonyl (C=O) groups excluding carboxylic acids is 4. The molecule has 2 aliphatic rings. The van der Waals surface area contributed by atoms with Crippen LogP contribution >= 0.6 is 46.4 Å². The molecule has 32 nitrogen and oxygen atoms in total. The highest BCUT2D eigenvalue weighted by Gasteiger charge is 2.42. The number of pyridine rings is 4. The number of nitrogens with one attached hydrogen (secondary N) is 10. The van der Waals surface area contributed by atoms with Crippen LogP contribution in [0.15, 0.2) is 117 Å². The zero-order valence-electron chi connectivity index (χ0n) is 70.9. The standard InChI is InChI=1S/C23H24ClFN6O3.C23H25ClN6O3.C20H20ClF3N6O.C19H17ClF4N6O.4H2/c1-23(2,22(32)26-6-5-25)31-21-14-8-17(33-3)18(34-4)9-16(14)29-20(30-21)15-11-28-19-13(15)7-12(24)10-27-19;1-6-25-22(31)23(2,3)30-21-14-8-17(32-4)18(33-5)9-16(14)28-20(29-21)15-11-27-19-13(15)7-12(24)10-26-19;1-2-12-3-4-15(19(31)28-10-20(22,23)24)30(12)16-5-6-25-18(29-16)14-9-27-17-13(14)7-11(21)8-26-17;1-9-2-3-14(18(31)28-8-19(22,23)24)30(9)17-13(21)7-27-16(29-17)12-6-26-15-11(12)4-10(20)5-25-15;;;;/h7-11H,5-6H2,1-4H3,(H,26,32)(H,27,28)(H,29,30,31);7-11H,6H2,1-5H3,(H,25,31)(H,26,27)(H,28,29,30);5-9,12,15H,2-4,10H2,1H3,(H,26,27)(H,28,31);4-7,9,14H,2-3,8H2,1H3,(H,25,26)(H,28,31);4*1H/t;;12-,15+;9-,14+;;;;/m..00..../s1. The predicted octanol–water partition coefficient (Wildman–Crippen LogP) is 17.2. The van der Waals surface area contributed by atoms with E-state index < -0.39 is 72.9 Å². The van der Waals surface area contributed by atoms with Gasteiger partial charge in [0.05, 0.1) is 65.8 Å². The van der Waals surface area contributed by atoms with Crippen LogP contribution in [0.1, 0.15) is 86.3 Å². The van der Waals surface area contributed by atoms with Gasteiger partial charge in [-0.1, -0.05) is 53.3 Å². The van der Waals surface area contributed by atoms with Crippen LogP contribution in [0.5, 0.6) is 23.0 Å². The summed E-state index contributed by atoms with van der Waals surface area (Å²) in [6, 6.07) is 13.7. The molecular weight excluding hydrogens is 1780 g/mol. The Kier molecular flexibility index (Phi) is 28.5. The summed E-state index contributed by atoms with van der Waals surface area (Å²) in [5, 5.41) is 21.8. The summed E-state index contributed by atoms with van der Waals surface area (Å²) in [5.41, 5.74) is 4.24. The lowest BCUT2D eigenvalue weighted by Crippen LogP contribution is -2.48. The van der Waals surface area contributed by atoms with Crippen molar-refractivity contribution in [2.45, 2.75) is 128 Å². The van der Waals surface area contributed by atoms with Crippen LogP contribution < -0.4 is 60.6 Å². The molecule has 16 rings (SSSR count). The molecule has 0 unspecified atom stereocenters. The number of benzene rings is 2. The average Bonchev–Trinajstić information content (AvgIpc) is 1.75. The molecule has 14 aromatic rings. The van der Waals surface area contributed by atoms with E-state index in [2.05, 4.69) is 81.1 Å². The molecule has 4 amide bonds. The fourth-order valence-corrected chi connectivity index (χ4v) is 15.5. The van der Waals surface area contributed by atoms with Gasteiger partial charge in [-0.3, -0.25) is 19.2 Å². The van der Waals surface area contributed by atoms with Crippen molar-refractivity contribution in [3.05, 3.63) is 142 Å². The minimum absolute atomic E-state index is 0. The smallest absolute Gasteiger partial charge is 0.405 e. The number of halogens is 12. The summed E-state index contributed by atoms with van der Waals surface area (Å²) in [7, 11) is 6.20. The number of rotatable bonds is 24. The lowest BCUT2D eigenvalue weighted by atomic mass is 10.0. The summed E-state index contributed by atoms with van der Waals surface area (Å²) in [6.45, 7) is 9.54. The van der Waals surface area contributed by atoms with Crippen LogP contribution in [0, 0.1) is 5.82 Å². The van der Waals surface area contributed by atoms with Gasteiger partial charge in [0.15, 0.2) is 57.9 Å². The number of anilines is 4. The normalized spacial score (nSPS) is 15.2. The number of fused-ring (bicyclic) bond motifs is 6. The Labute approximate surface area is 756 Å². The minimum Gasteiger partial charge on any atom is -0.493 e. The van der Waals surface area contributed by atoms with E-state index in [-0.39, 0.29) is 54.2 Å². The molecule has 2 saturated heterocycles. The molecule has 10 N–H and O–H groups in total. The third-order valence-corrected chi connectivity index (χ3v) is 21.9. The summed E-state index contributed by atoms with van der Waals surface area (Å²) >= 11 is 24.4. The van der Waals surface area contributed by atoms with Crippen LogP contribution in [0.4, 0.5) is 58.4 Å². The van der Waals surface area contributed by atoms with Gasteiger partial charge in [0.25, 0.3) is 0 Å². The maximum atomic E-state index is 14.7. The molecule has 2 fully saturated rings. The minimum atomic E-state index is -4.54. The van der Waals surface area contributed by atoms with Gasteiger partial charge in [-0.15, -0.1) is 0 Å². The van der Waals surface area contributed by atoms with Gasteiger partial charge in [-0.05, 0) is 116 Å². The first-order valence-electron chi connectivity index (χ1n) is 40.1. The zero-order valence-corrected chi connectivity index (χ0v) is 73.9. The fourth-order valence-electron chi connectivity index (χ4n) is 14.9. The third-order valence-electron chi connectivity index (χ3n) is 21.1. The van der Waals surface area contributed by atoms with E-state index in [1.54, 1.807) is 146 Å². The number of hydrogen-bond donors (Lipinski definition) is 10. The van der Waals surface area contributed by atoms with Crippen molar-refractivity contribution in [1.82, 2.24) is 101 Å². The summed E-state index contributed by atoms with van der Waals surface area (Å²) in [6.07, 6.45) is 9.17. The van der Waals surface area contributed by atoms with Crippen molar-refractivity contribution in [1.29, 1.82) is 0 Å². The van der Waals surface area contributed by atoms with Crippen LogP contribution in [0.25, 0.3) is 111 Å². The quantitative estimate of drug-likeness (QED) is 0.0251. The van der Waals surface area contributed by atoms with Crippen molar-refractivity contribution < 1.29 is 79.0 Å². The number of aromatic amines is 4. The SMILES string of the molecule is CCNC(=O)C(C)(C)Nc1nc(-c2c[nH]c3ncc(Cl)cc23)nc2cc(OC)c(OC)cc12.CC[C@H]1CC[C@H](C(=O)NCC(F)(F)F)N1c1ccnc(-c2c[nH]c3ncc(Cl)cc23)n1.COc1cc2nc(-c3c[nH]c4ncc(Cl)cc34)nc(NC(C)(C)C(=O)NCCF)c2cc1OC.C[C@H]1CC[C@H](C(=O)NCC(F)(F)F)N1c1nc(-c2c[nH]c3ncc(Cl)cc23)ncc1F.[HH].[HH].[HH].[HH]. The van der Waals surface area contributed by atoms with Crippen LogP contribution in [-0.4, -0.2) is 212 Å². The lowest BCUT2D eigenvalue weighted by Gasteiger charge is -2.30. The number of likely N-dealkylation sites (N-methyl/N-ethyl adjacent to an activating group) is 1. The van der Waals surface area contributed by atoms with E-state index >= 15 is 0 Å². The van der Waals surface area contributed by atoms with E-state index in [4.69, 9.17) is 85.3 Å². The van der Waals surface area contributed by atoms with E-state index in [0.29, 0.717) is 170 Å². The Hall–Kier alpha value is -13.1. The van der Waals surface area contributed by atoms with E-state index in [9.17, 15) is 54.3 Å². The molecule has 4 atom stereocenters. The number of alkyl halides is 7. The summed E-state index contributed by atoms with van der Waals surface area (Å²) in [4.78, 5) is 119. The zero-order chi connectivity index (χ0) is 92.7. The van der Waals surface area contributed by atoms with Gasteiger partial charge in [0, 0.05) is 153 Å². The molecule has 2 aliphatic heterocycles. The molecule has 129 heavy (non-hydrogen) atoms. The highest BCUT2D eigenvalue weighted by Crippen LogP contribution is 2.43. The molecule has 2 aromatic carbocycles. The average molecular weight is 1870 g/mol. The van der Waals surface area contributed by atoms with Gasteiger partial charge in [0.1, 0.15) is 83.0 Å². The van der Waals surface area contributed by atoms with Gasteiger partial charge < -0.3 is 80.6 Å². The van der Waals surface area contributed by atoms with Crippen LogP contribution in [0.3, 0.4) is 0 Å². The molecule has 0 bridgehead atoms. The number of carbonyl (C=O) groups is 4. The number of methoxy groups -OCH3 is 4. The molecular formula is C85H94Cl4F8N24O8. The van der Waals surface area contributed by atoms with Crippen molar-refractivity contribution in [2.24, 2.45) is 0 Å². The molecule has 0 aliphatic carbocycles. The maximum absolute atomic E-state index is 14.7. The number of aromatic nitrogens is 16. The molecule has 0 saturated carbocycles. The fraction of sp³-hybridized carbons (Fsp3) is 0.341. The first-order chi connectivity index (χ1) is 61.4. The van der Waals surface area contributed by atoms with Crippen molar-refractivity contribution in [3.63, 3.8) is 0 Å². The lowest BCUT2D eigenvalue weighted by molar-refractivity contribution is -0.139. The van der Waals surface area contributed by atoms with Gasteiger partial charge >= 0.3 is 12.4 Å². The monoisotopic (exact) mass is 1870 g/mol. The molecule has 14 heterocycles. The van der Waals surface area contributed by atoms with E-state index in [1.807, 2.05) is 30.5 Å². The Balaban J connectivity index is 0.000000197. The van der Waals surface area contributed by atoms with Gasteiger partial charge in [-0.25, -0.2) is 68.6 Å². The highest BCUT2D eigenvalue weighted by atomic mass is 35.5. The topological polar surface area (TPSA) is 402 Å². The number of H-pyrrole nitrogens is 4. The predicted molar refractivity (Wildman–Crippen MR) is 484 cm³/mol. The molecule has 12 aromatic heterocycles. The maximum Gasteiger partial charge on any atom is 0.405 e. The second-order valence-electron chi connectivity index (χ2n) is 30.7. The van der Waals surface area contributed by atoms with Crippen LogP contribution in [0.2, 0.25) is 20.1 Å². The van der Waals surface area contributed by atoms with Crippen molar-refractivity contribution in [3.8, 4) is 68.5 Å². The second kappa shape index (κ2) is 39.3. The van der Waals surface area contributed by atoms with Gasteiger partial charge in [-0.2, -0.15) is 26.3 Å². The second-order valence-corrected chi connectivity index (χ2v) is 32.5. The Morgan fingerprint density at radius 2 is 0.876 bits per heavy atom. The summed E-state index contributed by atoms with van der Waals surface area (Å²) < 4.78 is 124. The number of ether oxygens (including phenoxy) is 4. The van der Waals surface area contributed by atoms with Crippen molar-refractivity contribution >= 4 is 159 Å². The highest BCUT2D eigenvalue weighted by molar-refractivity contribution is 6.32. The Morgan fingerprint density at radius 3 is 1.28 bits per heavy atom. The Morgan fingerprint density at radius 1 is 0.481 bits per heavy atom. The van der Waals surface area contributed by atoms with E-state index in [1.165, 1.54) is 31.5 Å². The summed E-state index contributed by atoms with van der Waals surface area (Å²) in [5.74, 6) is 1.88. The third kappa shape index (κ3) is 21.2. The number of nitrogens with zero attached hydrogens (tertiary/aromatic N) is 14. The molecule has 0 spiro atoms. The molecule has 686 valence electrons. The van der Waals surface area contributed by atoms with E-state index in [0.717, 1.165) is 34.3 Å². The first-order valence-corrected chi connectivity index (χ1v) is 41.7. The number of hydrogen-bond acceptors (Lipinski definition) is 24. The molecule has 0 radical (unpaired) electrons. The largest absolute Gasteiger partial charge is 0.493 e. The first kappa shape index (κ1) is 93.6. The van der Waals surface area contributed by atoms with Crippen LogP contribution in [-0.2, 0) is 19.2 Å². The molecule has 44 heteroatoms. The number of amides is 4. The van der Waals surface area contributed by atoms with Crippen molar-refractivity contribution in [2.75, 3.05) is 81.7 Å². The van der Waals surface area contributed by atoms with Gasteiger partial charge in [0.2, 0.25) is 23.6 Å².